The van der Waals surface area contributed by atoms with Gasteiger partial charge < -0.3 is 5.11 Å². The molecule has 2 rings (SSSR count). The van der Waals surface area contributed by atoms with Crippen LogP contribution in [0.25, 0.3) is 0 Å². The second-order valence-electron chi connectivity index (χ2n) is 4.27. The lowest BCUT2D eigenvalue weighted by Gasteiger charge is -2.26. The van der Waals surface area contributed by atoms with Gasteiger partial charge in [0.2, 0.25) is 0 Å². The van der Waals surface area contributed by atoms with Crippen LogP contribution in [0.3, 0.4) is 0 Å². The van der Waals surface area contributed by atoms with Crippen molar-refractivity contribution in [3.63, 3.8) is 0 Å². The van der Waals surface area contributed by atoms with Crippen molar-refractivity contribution in [3.8, 4) is 0 Å². The van der Waals surface area contributed by atoms with Gasteiger partial charge in [-0.3, -0.25) is 9.88 Å². The van der Waals surface area contributed by atoms with E-state index < -0.39 is 15.8 Å². The highest BCUT2D eigenvalue weighted by atomic mass is 32.2. The molecule has 7 heteroatoms. The molecule has 1 fully saturated rings. The fourth-order valence-corrected chi connectivity index (χ4v) is 3.11. The smallest absolute Gasteiger partial charge is 0.335 e. The van der Waals surface area contributed by atoms with Crippen LogP contribution in [0.15, 0.2) is 18.3 Å². The summed E-state index contributed by atoms with van der Waals surface area (Å²) in [4.78, 5) is 16.9. The van der Waals surface area contributed by atoms with Gasteiger partial charge in [-0.2, -0.15) is 0 Å². The van der Waals surface area contributed by atoms with Crippen LogP contribution in [0, 0.1) is 0 Å². The normalized spacial score (nSPS) is 19.6. The van der Waals surface area contributed by atoms with Crippen molar-refractivity contribution >= 4 is 15.8 Å². The molecule has 0 atom stereocenters. The van der Waals surface area contributed by atoms with Crippen LogP contribution >= 0.6 is 0 Å². The summed E-state index contributed by atoms with van der Waals surface area (Å²) < 4.78 is 22.5. The summed E-state index contributed by atoms with van der Waals surface area (Å²) in [6, 6.07) is 2.96. The molecule has 1 aliphatic heterocycles. The van der Waals surface area contributed by atoms with Crippen molar-refractivity contribution in [1.29, 1.82) is 0 Å². The highest BCUT2D eigenvalue weighted by Crippen LogP contribution is 2.09. The molecule has 6 nitrogen and oxygen atoms in total. The number of aromatic carboxylic acids is 1. The summed E-state index contributed by atoms with van der Waals surface area (Å²) in [7, 11) is -2.89. The van der Waals surface area contributed by atoms with E-state index in [-0.39, 0.29) is 17.1 Å². The molecular weight excluding hydrogens is 256 g/mol. The lowest BCUT2D eigenvalue weighted by molar-refractivity contribution is 0.0696. The van der Waals surface area contributed by atoms with Gasteiger partial charge in [-0.05, 0) is 12.1 Å². The van der Waals surface area contributed by atoms with Gasteiger partial charge in [-0.15, -0.1) is 0 Å². The van der Waals surface area contributed by atoms with Crippen LogP contribution in [0.5, 0.6) is 0 Å². The lowest BCUT2D eigenvalue weighted by Crippen LogP contribution is -2.39. The van der Waals surface area contributed by atoms with E-state index in [1.165, 1.54) is 18.3 Å². The molecule has 98 valence electrons. The number of carboxylic acids is 1. The van der Waals surface area contributed by atoms with Crippen molar-refractivity contribution in [2.75, 3.05) is 24.6 Å². The van der Waals surface area contributed by atoms with Crippen molar-refractivity contribution in [2.45, 2.75) is 6.54 Å². The van der Waals surface area contributed by atoms with Crippen LogP contribution in [0.1, 0.15) is 16.1 Å². The predicted molar refractivity (Wildman–Crippen MR) is 65.1 cm³/mol. The number of pyridine rings is 1. The van der Waals surface area contributed by atoms with E-state index in [1.807, 2.05) is 4.90 Å². The maximum absolute atomic E-state index is 11.3. The molecule has 1 saturated heterocycles. The molecule has 0 spiro atoms. The standard InChI is InChI=1S/C11H14N2O4S/c14-11(15)9-1-2-12-10(7-9)8-13-3-5-18(16,17)6-4-13/h1-2,7H,3-6,8H2,(H,14,15). The molecule has 0 aliphatic carbocycles. The minimum absolute atomic E-state index is 0.158. The number of nitrogens with zero attached hydrogens (tertiary/aromatic N) is 2. The second-order valence-corrected chi connectivity index (χ2v) is 6.57. The van der Waals surface area contributed by atoms with Crippen LogP contribution < -0.4 is 0 Å². The minimum Gasteiger partial charge on any atom is -0.478 e. The number of hydrogen-bond donors (Lipinski definition) is 1. The first-order chi connectivity index (χ1) is 8.46. The highest BCUT2D eigenvalue weighted by molar-refractivity contribution is 7.91. The Kier molecular flexibility index (Phi) is 3.63. The first-order valence-electron chi connectivity index (χ1n) is 5.57. The third-order valence-corrected chi connectivity index (χ3v) is 4.50. The average Bonchev–Trinajstić information content (AvgIpc) is 2.32. The summed E-state index contributed by atoms with van der Waals surface area (Å²) in [5.41, 5.74) is 0.846. The Labute approximate surface area is 105 Å². The van der Waals surface area contributed by atoms with Crippen LogP contribution in [0.4, 0.5) is 0 Å². The predicted octanol–water partition coefficient (Wildman–Crippen LogP) is 0.0102. The summed E-state index contributed by atoms with van der Waals surface area (Å²) in [5.74, 6) is -0.670. The molecule has 1 N–H and O–H groups in total. The third-order valence-electron chi connectivity index (χ3n) is 2.89. The quantitative estimate of drug-likeness (QED) is 0.832. The SMILES string of the molecule is O=C(O)c1ccnc(CN2CCS(=O)(=O)CC2)c1. The largest absolute Gasteiger partial charge is 0.478 e. The third kappa shape index (κ3) is 3.27. The Morgan fingerprint density at radius 2 is 2.06 bits per heavy atom. The highest BCUT2D eigenvalue weighted by Gasteiger charge is 2.21. The lowest BCUT2D eigenvalue weighted by atomic mass is 10.2. The summed E-state index contributed by atoms with van der Waals surface area (Å²) in [6.07, 6.45) is 1.46. The Morgan fingerprint density at radius 1 is 1.39 bits per heavy atom. The fraction of sp³-hybridized carbons (Fsp3) is 0.455. The molecule has 1 aromatic heterocycles. The Bertz CT molecular complexity index is 542. The number of carbonyl (C=O) groups is 1. The molecular formula is C11H14N2O4S. The average molecular weight is 270 g/mol. The van der Waals surface area contributed by atoms with E-state index in [0.29, 0.717) is 25.3 Å². The molecule has 2 heterocycles. The van der Waals surface area contributed by atoms with Gasteiger partial charge >= 0.3 is 5.97 Å². The number of hydrogen-bond acceptors (Lipinski definition) is 5. The van der Waals surface area contributed by atoms with Gasteiger partial charge in [0.25, 0.3) is 0 Å². The van der Waals surface area contributed by atoms with E-state index in [0.717, 1.165) is 0 Å². The van der Waals surface area contributed by atoms with Crippen LogP contribution in [-0.4, -0.2) is 54.0 Å². The first kappa shape index (κ1) is 13.0. The van der Waals surface area contributed by atoms with Crippen molar-refractivity contribution in [3.05, 3.63) is 29.6 Å². The maximum Gasteiger partial charge on any atom is 0.335 e. The monoisotopic (exact) mass is 270 g/mol. The van der Waals surface area contributed by atoms with E-state index >= 15 is 0 Å². The zero-order chi connectivity index (χ0) is 13.2. The van der Waals surface area contributed by atoms with Gasteiger partial charge in [0.05, 0.1) is 22.8 Å². The second kappa shape index (κ2) is 5.03. The Hall–Kier alpha value is -1.47. The molecule has 0 bridgehead atoms. The van der Waals surface area contributed by atoms with Gasteiger partial charge in [-0.25, -0.2) is 13.2 Å². The molecule has 1 aromatic rings. The van der Waals surface area contributed by atoms with E-state index in [9.17, 15) is 13.2 Å². The zero-order valence-corrected chi connectivity index (χ0v) is 10.6. The van der Waals surface area contributed by atoms with Crippen LogP contribution in [0.2, 0.25) is 0 Å². The summed E-state index contributed by atoms with van der Waals surface area (Å²) in [6.45, 7) is 1.43. The molecule has 0 saturated carbocycles. The van der Waals surface area contributed by atoms with Gasteiger partial charge in [0, 0.05) is 25.8 Å². The number of aromatic nitrogens is 1. The van der Waals surface area contributed by atoms with Crippen LogP contribution in [-0.2, 0) is 16.4 Å². The van der Waals surface area contributed by atoms with Gasteiger partial charge in [0.15, 0.2) is 9.84 Å². The van der Waals surface area contributed by atoms with E-state index in [1.54, 1.807) is 0 Å². The van der Waals surface area contributed by atoms with E-state index in [2.05, 4.69) is 4.98 Å². The molecule has 0 aromatic carbocycles. The molecule has 0 amide bonds. The molecule has 0 radical (unpaired) electrons. The first-order valence-corrected chi connectivity index (χ1v) is 7.39. The summed E-state index contributed by atoms with van der Waals surface area (Å²) in [5, 5.41) is 8.86. The molecule has 0 unspecified atom stereocenters. The molecule has 1 aliphatic rings. The van der Waals surface area contributed by atoms with Gasteiger partial charge in [0.1, 0.15) is 0 Å². The Balaban J connectivity index is 2.02. The number of carboxylic acid groups (broad SMARTS) is 1. The van der Waals surface area contributed by atoms with Gasteiger partial charge in [-0.1, -0.05) is 0 Å². The number of rotatable bonds is 3. The number of sulfone groups is 1. The molecule has 18 heavy (non-hydrogen) atoms. The van der Waals surface area contributed by atoms with E-state index in [4.69, 9.17) is 5.11 Å². The summed E-state index contributed by atoms with van der Waals surface area (Å²) >= 11 is 0. The minimum atomic E-state index is -2.89. The van der Waals surface area contributed by atoms with Crippen molar-refractivity contribution < 1.29 is 18.3 Å². The zero-order valence-electron chi connectivity index (χ0n) is 9.74. The van der Waals surface area contributed by atoms with Crippen molar-refractivity contribution in [1.82, 2.24) is 9.88 Å². The van der Waals surface area contributed by atoms with Crippen molar-refractivity contribution in [2.24, 2.45) is 0 Å². The maximum atomic E-state index is 11.3. The fourth-order valence-electron chi connectivity index (χ4n) is 1.84. The topological polar surface area (TPSA) is 87.6 Å². The Morgan fingerprint density at radius 3 is 2.67 bits per heavy atom.